The van der Waals surface area contributed by atoms with Gasteiger partial charge in [0.1, 0.15) is 0 Å². The summed E-state index contributed by atoms with van der Waals surface area (Å²) in [4.78, 5) is 0. The van der Waals surface area contributed by atoms with Crippen molar-refractivity contribution in [3.8, 4) is 0 Å². The van der Waals surface area contributed by atoms with Crippen LogP contribution in [0.5, 0.6) is 0 Å². The molecule has 0 amide bonds. The molecule has 0 aromatic carbocycles. The molecular formula is C9H20LiN. The first-order chi connectivity index (χ1) is 4.84. The first-order valence-electron chi connectivity index (χ1n) is 4.60. The van der Waals surface area contributed by atoms with Gasteiger partial charge in [-0.2, -0.15) is 0 Å². The molecule has 0 aromatic rings. The standard InChI is InChI=1S/C9H19N.Li.H/c1-2-5-8-6-3-4-7-9(8)10;;/h8-9H,2-7,10H2,1H3;;. The fourth-order valence-electron chi connectivity index (χ4n) is 1.97. The predicted octanol–water partition coefficient (Wildman–Crippen LogP) is 1.66. The van der Waals surface area contributed by atoms with Crippen molar-refractivity contribution in [3.05, 3.63) is 0 Å². The van der Waals surface area contributed by atoms with E-state index in [1.165, 1.54) is 38.5 Å². The van der Waals surface area contributed by atoms with Gasteiger partial charge in [0, 0.05) is 6.04 Å². The Balaban J connectivity index is 0.000001000. The Morgan fingerprint density at radius 3 is 2.45 bits per heavy atom. The van der Waals surface area contributed by atoms with Crippen LogP contribution in [0.15, 0.2) is 0 Å². The van der Waals surface area contributed by atoms with E-state index in [1.807, 2.05) is 0 Å². The SMILES string of the molecule is CCCC1CCCCC1N.[LiH]. The zero-order valence-electron chi connectivity index (χ0n) is 6.97. The summed E-state index contributed by atoms with van der Waals surface area (Å²) in [5.41, 5.74) is 5.97. The first-order valence-corrected chi connectivity index (χ1v) is 4.60. The summed E-state index contributed by atoms with van der Waals surface area (Å²) in [6, 6.07) is 0.522. The summed E-state index contributed by atoms with van der Waals surface area (Å²) in [5.74, 6) is 0.846. The van der Waals surface area contributed by atoms with Crippen molar-refractivity contribution in [1.29, 1.82) is 0 Å². The van der Waals surface area contributed by atoms with Gasteiger partial charge in [0.25, 0.3) is 0 Å². The van der Waals surface area contributed by atoms with Crippen LogP contribution < -0.4 is 5.73 Å². The van der Waals surface area contributed by atoms with E-state index in [4.69, 9.17) is 5.73 Å². The van der Waals surface area contributed by atoms with E-state index < -0.39 is 0 Å². The molecule has 1 nitrogen and oxygen atoms in total. The second-order valence-corrected chi connectivity index (χ2v) is 3.50. The first kappa shape index (κ1) is 11.6. The molecule has 0 aromatic heterocycles. The normalized spacial score (nSPS) is 31.1. The average molecular weight is 149 g/mol. The van der Waals surface area contributed by atoms with Crippen LogP contribution in [0.2, 0.25) is 0 Å². The Morgan fingerprint density at radius 2 is 1.91 bits per heavy atom. The van der Waals surface area contributed by atoms with Crippen LogP contribution in [0.25, 0.3) is 0 Å². The average Bonchev–Trinajstić information content (AvgIpc) is 1.94. The molecule has 1 aliphatic rings. The van der Waals surface area contributed by atoms with Gasteiger partial charge >= 0.3 is 18.9 Å². The van der Waals surface area contributed by atoms with Crippen molar-refractivity contribution in [1.82, 2.24) is 0 Å². The molecule has 0 spiro atoms. The summed E-state index contributed by atoms with van der Waals surface area (Å²) >= 11 is 0. The fraction of sp³-hybridized carbons (Fsp3) is 1.00. The van der Waals surface area contributed by atoms with E-state index in [0.717, 1.165) is 5.92 Å². The van der Waals surface area contributed by atoms with Crippen molar-refractivity contribution >= 4 is 18.9 Å². The van der Waals surface area contributed by atoms with Crippen LogP contribution in [-0.4, -0.2) is 24.9 Å². The molecule has 1 rings (SSSR count). The Morgan fingerprint density at radius 1 is 1.27 bits per heavy atom. The molecule has 1 aliphatic carbocycles. The topological polar surface area (TPSA) is 26.0 Å². The predicted molar refractivity (Wildman–Crippen MR) is 52.0 cm³/mol. The van der Waals surface area contributed by atoms with Crippen LogP contribution in [0.4, 0.5) is 0 Å². The van der Waals surface area contributed by atoms with Gasteiger partial charge in [0.2, 0.25) is 0 Å². The molecule has 2 heteroatoms. The minimum atomic E-state index is 0. The summed E-state index contributed by atoms with van der Waals surface area (Å²) in [6.45, 7) is 2.25. The van der Waals surface area contributed by atoms with Gasteiger partial charge in [-0.05, 0) is 25.2 Å². The van der Waals surface area contributed by atoms with Crippen LogP contribution in [0.1, 0.15) is 45.4 Å². The second kappa shape index (κ2) is 6.12. The molecule has 1 fully saturated rings. The van der Waals surface area contributed by atoms with Crippen LogP contribution in [-0.2, 0) is 0 Å². The van der Waals surface area contributed by atoms with E-state index in [2.05, 4.69) is 6.92 Å². The molecule has 0 heterocycles. The van der Waals surface area contributed by atoms with Crippen molar-refractivity contribution in [2.24, 2.45) is 11.7 Å². The zero-order valence-corrected chi connectivity index (χ0v) is 6.97. The molecule has 0 bridgehead atoms. The van der Waals surface area contributed by atoms with Crippen molar-refractivity contribution in [2.75, 3.05) is 0 Å². The molecule has 2 atom stereocenters. The number of hydrogen-bond acceptors (Lipinski definition) is 1. The number of rotatable bonds is 2. The third-order valence-corrected chi connectivity index (χ3v) is 2.63. The Bertz CT molecular complexity index is 93.6. The summed E-state index contributed by atoms with van der Waals surface area (Å²) < 4.78 is 0. The monoisotopic (exact) mass is 149 g/mol. The Hall–Kier alpha value is 0.557. The third-order valence-electron chi connectivity index (χ3n) is 2.63. The third kappa shape index (κ3) is 3.65. The molecular weight excluding hydrogens is 129 g/mol. The Kier molecular flexibility index (Phi) is 6.43. The van der Waals surface area contributed by atoms with Crippen LogP contribution >= 0.6 is 0 Å². The molecule has 2 unspecified atom stereocenters. The van der Waals surface area contributed by atoms with E-state index in [9.17, 15) is 0 Å². The fourth-order valence-corrected chi connectivity index (χ4v) is 1.97. The molecule has 62 valence electrons. The summed E-state index contributed by atoms with van der Waals surface area (Å²) in [7, 11) is 0. The van der Waals surface area contributed by atoms with Gasteiger partial charge in [-0.15, -0.1) is 0 Å². The molecule has 2 N–H and O–H groups in total. The number of hydrogen-bond donors (Lipinski definition) is 1. The van der Waals surface area contributed by atoms with E-state index in [1.54, 1.807) is 0 Å². The van der Waals surface area contributed by atoms with E-state index >= 15 is 0 Å². The van der Waals surface area contributed by atoms with Crippen molar-refractivity contribution < 1.29 is 0 Å². The van der Waals surface area contributed by atoms with Gasteiger partial charge in [-0.25, -0.2) is 0 Å². The van der Waals surface area contributed by atoms with Gasteiger partial charge in [-0.3, -0.25) is 0 Å². The maximum absolute atomic E-state index is 5.97. The van der Waals surface area contributed by atoms with Crippen LogP contribution in [0.3, 0.4) is 0 Å². The Labute approximate surface area is 82.3 Å². The van der Waals surface area contributed by atoms with Crippen LogP contribution in [0, 0.1) is 5.92 Å². The molecule has 0 saturated heterocycles. The van der Waals surface area contributed by atoms with Gasteiger partial charge < -0.3 is 5.73 Å². The minimum absolute atomic E-state index is 0. The van der Waals surface area contributed by atoms with Gasteiger partial charge in [0.15, 0.2) is 0 Å². The zero-order chi connectivity index (χ0) is 7.40. The van der Waals surface area contributed by atoms with Gasteiger partial charge in [0.05, 0.1) is 0 Å². The summed E-state index contributed by atoms with van der Waals surface area (Å²) in [5, 5.41) is 0. The molecule has 0 radical (unpaired) electrons. The van der Waals surface area contributed by atoms with Gasteiger partial charge in [-0.1, -0.05) is 26.2 Å². The summed E-state index contributed by atoms with van der Waals surface area (Å²) in [6.07, 6.45) is 8.08. The molecule has 0 aliphatic heterocycles. The quantitative estimate of drug-likeness (QED) is 0.594. The van der Waals surface area contributed by atoms with Crippen molar-refractivity contribution in [3.63, 3.8) is 0 Å². The number of nitrogens with two attached hydrogens (primary N) is 1. The van der Waals surface area contributed by atoms with Crippen molar-refractivity contribution in [2.45, 2.75) is 51.5 Å². The molecule has 1 saturated carbocycles. The van der Waals surface area contributed by atoms with E-state index in [-0.39, 0.29) is 18.9 Å². The maximum atomic E-state index is 5.97. The second-order valence-electron chi connectivity index (χ2n) is 3.50. The molecule has 11 heavy (non-hydrogen) atoms. The van der Waals surface area contributed by atoms with E-state index in [0.29, 0.717) is 6.04 Å².